The van der Waals surface area contributed by atoms with Crippen LogP contribution in [-0.4, -0.2) is 5.78 Å². The van der Waals surface area contributed by atoms with Gasteiger partial charge in [-0.15, -0.1) is 0 Å². The van der Waals surface area contributed by atoms with Crippen LogP contribution in [0, 0.1) is 11.8 Å². The smallest absolute Gasteiger partial charge is 0.133 e. The Labute approximate surface area is 101 Å². The van der Waals surface area contributed by atoms with E-state index in [0.29, 0.717) is 11.7 Å². The van der Waals surface area contributed by atoms with Crippen molar-refractivity contribution in [2.45, 2.75) is 78.1 Å². The minimum Gasteiger partial charge on any atom is -0.300 e. The first-order valence-corrected chi connectivity index (χ1v) is 7.27. The topological polar surface area (TPSA) is 17.1 Å². The van der Waals surface area contributed by atoms with Crippen molar-refractivity contribution in [3.63, 3.8) is 0 Å². The predicted octanol–water partition coefficient (Wildman–Crippen LogP) is 4.74. The molecule has 1 fully saturated rings. The second-order valence-electron chi connectivity index (χ2n) is 5.47. The Bertz CT molecular complexity index is 188. The van der Waals surface area contributed by atoms with Crippen molar-refractivity contribution in [2.24, 2.45) is 11.8 Å². The van der Waals surface area contributed by atoms with Gasteiger partial charge < -0.3 is 0 Å². The van der Waals surface area contributed by atoms with Gasteiger partial charge in [0.05, 0.1) is 0 Å². The van der Waals surface area contributed by atoms with Crippen LogP contribution in [0.3, 0.4) is 0 Å². The van der Waals surface area contributed by atoms with Crippen LogP contribution in [-0.2, 0) is 4.79 Å². The van der Waals surface area contributed by atoms with Crippen LogP contribution in [0.5, 0.6) is 0 Å². The number of hydrogen-bond acceptors (Lipinski definition) is 1. The molecule has 0 amide bonds. The standard InChI is InChI=1S/C15H28O/c1-3-13(4-2)12-15(16)11-10-14-8-6-5-7-9-14/h13-14H,3-12H2,1-2H3. The SMILES string of the molecule is CCC(CC)CC(=O)CCC1CCCCC1. The Balaban J connectivity index is 2.13. The highest BCUT2D eigenvalue weighted by Gasteiger charge is 2.16. The highest BCUT2D eigenvalue weighted by Crippen LogP contribution is 2.27. The molecule has 1 rings (SSSR count). The Kier molecular flexibility index (Phi) is 6.75. The number of carbonyl (C=O) groups is 1. The van der Waals surface area contributed by atoms with Gasteiger partial charge in [0.15, 0.2) is 0 Å². The average molecular weight is 224 g/mol. The van der Waals surface area contributed by atoms with Crippen LogP contribution in [0.15, 0.2) is 0 Å². The first-order valence-electron chi connectivity index (χ1n) is 7.27. The van der Waals surface area contributed by atoms with E-state index in [1.54, 1.807) is 0 Å². The maximum Gasteiger partial charge on any atom is 0.133 e. The highest BCUT2D eigenvalue weighted by molar-refractivity contribution is 5.78. The molecule has 0 spiro atoms. The van der Waals surface area contributed by atoms with Gasteiger partial charge in [-0.1, -0.05) is 58.8 Å². The lowest BCUT2D eigenvalue weighted by molar-refractivity contribution is -0.120. The van der Waals surface area contributed by atoms with Crippen molar-refractivity contribution in [3.05, 3.63) is 0 Å². The van der Waals surface area contributed by atoms with Crippen LogP contribution in [0.25, 0.3) is 0 Å². The van der Waals surface area contributed by atoms with E-state index in [4.69, 9.17) is 0 Å². The van der Waals surface area contributed by atoms with Gasteiger partial charge in [0.1, 0.15) is 5.78 Å². The number of hydrogen-bond donors (Lipinski definition) is 0. The molecule has 16 heavy (non-hydrogen) atoms. The molecule has 1 saturated carbocycles. The summed E-state index contributed by atoms with van der Waals surface area (Å²) in [5, 5.41) is 0. The van der Waals surface area contributed by atoms with E-state index in [1.807, 2.05) is 0 Å². The summed E-state index contributed by atoms with van der Waals surface area (Å²) in [5.41, 5.74) is 0. The third kappa shape index (κ3) is 5.14. The van der Waals surface area contributed by atoms with Crippen molar-refractivity contribution in [2.75, 3.05) is 0 Å². The Morgan fingerprint density at radius 3 is 2.31 bits per heavy atom. The molecule has 0 heterocycles. The molecule has 1 aliphatic carbocycles. The van der Waals surface area contributed by atoms with Crippen LogP contribution < -0.4 is 0 Å². The number of rotatable bonds is 7. The average Bonchev–Trinajstić information content (AvgIpc) is 2.34. The molecule has 1 heteroatoms. The summed E-state index contributed by atoms with van der Waals surface area (Å²) in [6, 6.07) is 0. The van der Waals surface area contributed by atoms with Gasteiger partial charge in [0.25, 0.3) is 0 Å². The van der Waals surface area contributed by atoms with Crippen LogP contribution >= 0.6 is 0 Å². The predicted molar refractivity (Wildman–Crippen MR) is 69.5 cm³/mol. The van der Waals surface area contributed by atoms with Gasteiger partial charge in [-0.2, -0.15) is 0 Å². The molecule has 0 unspecified atom stereocenters. The molecule has 0 aromatic carbocycles. The third-order valence-electron chi connectivity index (χ3n) is 4.23. The van der Waals surface area contributed by atoms with Gasteiger partial charge in [0.2, 0.25) is 0 Å². The minimum absolute atomic E-state index is 0.513. The Hall–Kier alpha value is -0.330. The molecule has 0 bridgehead atoms. The summed E-state index contributed by atoms with van der Waals surface area (Å²) in [5.74, 6) is 2.01. The summed E-state index contributed by atoms with van der Waals surface area (Å²) < 4.78 is 0. The Morgan fingerprint density at radius 1 is 1.12 bits per heavy atom. The molecule has 0 N–H and O–H groups in total. The summed E-state index contributed by atoms with van der Waals surface area (Å²) in [6.45, 7) is 4.39. The second-order valence-corrected chi connectivity index (χ2v) is 5.47. The molecule has 0 aromatic rings. The molecule has 0 radical (unpaired) electrons. The van der Waals surface area contributed by atoms with Gasteiger partial charge >= 0.3 is 0 Å². The molecule has 94 valence electrons. The number of Topliss-reactive ketones (excluding diaryl/α,β-unsaturated/α-hetero) is 1. The molecule has 1 aliphatic rings. The first-order chi connectivity index (χ1) is 7.76. The van der Waals surface area contributed by atoms with E-state index in [2.05, 4.69) is 13.8 Å². The molecule has 0 saturated heterocycles. The molecule has 0 atom stereocenters. The molecule has 0 aliphatic heterocycles. The van der Waals surface area contributed by atoms with E-state index >= 15 is 0 Å². The normalized spacial score (nSPS) is 17.9. The molecular formula is C15H28O. The first kappa shape index (κ1) is 13.7. The van der Waals surface area contributed by atoms with E-state index in [-0.39, 0.29) is 0 Å². The van der Waals surface area contributed by atoms with E-state index in [0.717, 1.165) is 31.6 Å². The third-order valence-corrected chi connectivity index (χ3v) is 4.23. The summed E-state index contributed by atoms with van der Waals surface area (Å²) in [4.78, 5) is 11.8. The number of carbonyl (C=O) groups excluding carboxylic acids is 1. The number of ketones is 1. The Morgan fingerprint density at radius 2 is 1.75 bits per heavy atom. The maximum atomic E-state index is 11.8. The largest absolute Gasteiger partial charge is 0.300 e. The summed E-state index contributed by atoms with van der Waals surface area (Å²) in [7, 11) is 0. The van der Waals surface area contributed by atoms with Crippen LogP contribution in [0.2, 0.25) is 0 Å². The lowest BCUT2D eigenvalue weighted by atomic mass is 9.84. The summed E-state index contributed by atoms with van der Waals surface area (Å²) in [6.07, 6.45) is 12.1. The molecular weight excluding hydrogens is 196 g/mol. The minimum atomic E-state index is 0.513. The zero-order valence-electron chi connectivity index (χ0n) is 11.1. The van der Waals surface area contributed by atoms with Gasteiger partial charge in [-0.3, -0.25) is 4.79 Å². The molecule has 0 aromatic heterocycles. The van der Waals surface area contributed by atoms with E-state index in [1.165, 1.54) is 38.5 Å². The van der Waals surface area contributed by atoms with Crippen LogP contribution in [0.4, 0.5) is 0 Å². The zero-order chi connectivity index (χ0) is 11.8. The van der Waals surface area contributed by atoms with Crippen LogP contribution in [0.1, 0.15) is 78.1 Å². The van der Waals surface area contributed by atoms with E-state index < -0.39 is 0 Å². The zero-order valence-corrected chi connectivity index (χ0v) is 11.1. The fraction of sp³-hybridized carbons (Fsp3) is 0.933. The lowest BCUT2D eigenvalue weighted by Crippen LogP contribution is -2.11. The fourth-order valence-electron chi connectivity index (χ4n) is 2.84. The maximum absolute atomic E-state index is 11.8. The van der Waals surface area contributed by atoms with Crippen molar-refractivity contribution in [1.29, 1.82) is 0 Å². The lowest BCUT2D eigenvalue weighted by Gasteiger charge is -2.21. The molecule has 1 nitrogen and oxygen atoms in total. The van der Waals surface area contributed by atoms with Gasteiger partial charge in [-0.25, -0.2) is 0 Å². The van der Waals surface area contributed by atoms with Gasteiger partial charge in [-0.05, 0) is 18.3 Å². The quantitative estimate of drug-likeness (QED) is 0.610. The van der Waals surface area contributed by atoms with E-state index in [9.17, 15) is 4.79 Å². The second kappa shape index (κ2) is 7.86. The van der Waals surface area contributed by atoms with Gasteiger partial charge in [0, 0.05) is 12.8 Å². The monoisotopic (exact) mass is 224 g/mol. The van der Waals surface area contributed by atoms with Crippen molar-refractivity contribution >= 4 is 5.78 Å². The van der Waals surface area contributed by atoms with Crippen molar-refractivity contribution in [1.82, 2.24) is 0 Å². The van der Waals surface area contributed by atoms with Crippen molar-refractivity contribution < 1.29 is 4.79 Å². The summed E-state index contributed by atoms with van der Waals surface area (Å²) >= 11 is 0. The fourth-order valence-corrected chi connectivity index (χ4v) is 2.84. The highest BCUT2D eigenvalue weighted by atomic mass is 16.1. The van der Waals surface area contributed by atoms with Crippen molar-refractivity contribution in [3.8, 4) is 0 Å².